The van der Waals surface area contributed by atoms with Gasteiger partial charge < -0.3 is 14.1 Å². The predicted octanol–water partition coefficient (Wildman–Crippen LogP) is 1.56. The van der Waals surface area contributed by atoms with Crippen LogP contribution in [0.5, 0.6) is 0 Å². The number of oxazole rings is 1. The molecular weight excluding hydrogens is 348 g/mol. The normalized spacial score (nSPS) is 13.6. The Bertz CT molecular complexity index is 907. The minimum atomic E-state index is -0.110. The van der Waals surface area contributed by atoms with Crippen LogP contribution in [0, 0.1) is 0 Å². The Morgan fingerprint density at radius 3 is 3.04 bits per heavy atom. The zero-order valence-corrected chi connectivity index (χ0v) is 15.0. The van der Waals surface area contributed by atoms with Crippen LogP contribution < -0.4 is 0 Å². The van der Waals surface area contributed by atoms with Crippen LogP contribution in [0.4, 0.5) is 0 Å². The van der Waals surface area contributed by atoms with E-state index in [-0.39, 0.29) is 5.91 Å². The van der Waals surface area contributed by atoms with Gasteiger partial charge in [0.2, 0.25) is 0 Å². The number of amides is 1. The fourth-order valence-electron chi connectivity index (χ4n) is 3.32. The van der Waals surface area contributed by atoms with Gasteiger partial charge in [-0.25, -0.2) is 15.0 Å². The lowest BCUT2D eigenvalue weighted by Gasteiger charge is -2.27. The van der Waals surface area contributed by atoms with Crippen molar-refractivity contribution in [3.63, 3.8) is 0 Å². The van der Waals surface area contributed by atoms with E-state index in [4.69, 9.17) is 14.3 Å². The highest BCUT2D eigenvalue weighted by atomic mass is 16.5. The fourth-order valence-corrected chi connectivity index (χ4v) is 3.32. The summed E-state index contributed by atoms with van der Waals surface area (Å²) in [5.41, 5.74) is 3.97. The maximum atomic E-state index is 12.8. The van der Waals surface area contributed by atoms with Gasteiger partial charge in [0.15, 0.2) is 6.39 Å². The van der Waals surface area contributed by atoms with Crippen LogP contribution in [0.25, 0.3) is 11.4 Å². The number of ether oxygens (including phenoxy) is 1. The molecule has 0 aliphatic carbocycles. The molecule has 9 heteroatoms. The molecule has 0 bridgehead atoms. The average molecular weight is 368 g/mol. The summed E-state index contributed by atoms with van der Waals surface area (Å²) in [7, 11) is 1.69. The third-order valence-corrected chi connectivity index (χ3v) is 4.62. The summed E-state index contributed by atoms with van der Waals surface area (Å²) in [6.07, 6.45) is 7.52. The smallest absolute Gasteiger partial charge is 0.272 e. The van der Waals surface area contributed by atoms with Crippen LogP contribution in [0.15, 0.2) is 35.7 Å². The minimum Gasteiger partial charge on any atom is -0.451 e. The summed E-state index contributed by atoms with van der Waals surface area (Å²) in [4.78, 5) is 26.8. The average Bonchev–Trinajstić information content (AvgIpc) is 3.36. The van der Waals surface area contributed by atoms with E-state index in [1.807, 2.05) is 4.68 Å². The predicted molar refractivity (Wildman–Crippen MR) is 94.7 cm³/mol. The first-order valence-corrected chi connectivity index (χ1v) is 8.79. The number of fused-ring (bicyclic) bond motifs is 1. The van der Waals surface area contributed by atoms with E-state index in [9.17, 15) is 4.79 Å². The number of nitrogens with zero attached hydrogens (tertiary/aromatic N) is 6. The Morgan fingerprint density at radius 1 is 1.37 bits per heavy atom. The van der Waals surface area contributed by atoms with Crippen molar-refractivity contribution in [3.8, 4) is 11.4 Å². The summed E-state index contributed by atoms with van der Waals surface area (Å²) < 4.78 is 12.3. The van der Waals surface area contributed by atoms with Crippen LogP contribution in [-0.4, -0.2) is 55.8 Å². The molecule has 4 heterocycles. The Hall–Kier alpha value is -3.07. The molecule has 0 radical (unpaired) electrons. The highest BCUT2D eigenvalue weighted by Gasteiger charge is 2.29. The SMILES string of the molecule is COCCCn1nc(-c2cocn2)c2c1CCN(C(=O)c1ccncn1)C2. The highest BCUT2D eigenvalue weighted by molar-refractivity contribution is 5.92. The van der Waals surface area contributed by atoms with E-state index in [1.165, 1.54) is 12.7 Å². The molecule has 27 heavy (non-hydrogen) atoms. The summed E-state index contributed by atoms with van der Waals surface area (Å²) in [5.74, 6) is -0.110. The first kappa shape index (κ1) is 17.3. The van der Waals surface area contributed by atoms with E-state index in [1.54, 1.807) is 30.5 Å². The summed E-state index contributed by atoms with van der Waals surface area (Å²) in [6, 6.07) is 1.63. The van der Waals surface area contributed by atoms with Crippen LogP contribution in [0.2, 0.25) is 0 Å². The molecule has 0 saturated carbocycles. The highest BCUT2D eigenvalue weighted by Crippen LogP contribution is 2.30. The van der Waals surface area contributed by atoms with Gasteiger partial charge in [0.05, 0.1) is 6.54 Å². The molecule has 140 valence electrons. The molecule has 0 aromatic carbocycles. The lowest BCUT2D eigenvalue weighted by molar-refractivity contribution is 0.0727. The molecule has 0 saturated heterocycles. The van der Waals surface area contributed by atoms with Crippen LogP contribution in [-0.2, 0) is 24.2 Å². The molecule has 3 aromatic rings. The van der Waals surface area contributed by atoms with E-state index in [0.29, 0.717) is 31.1 Å². The Balaban J connectivity index is 1.64. The molecule has 0 unspecified atom stereocenters. The van der Waals surface area contributed by atoms with Gasteiger partial charge in [0, 0.05) is 50.7 Å². The van der Waals surface area contributed by atoms with Crippen LogP contribution >= 0.6 is 0 Å². The Kier molecular flexibility index (Phi) is 4.93. The van der Waals surface area contributed by atoms with Gasteiger partial charge in [-0.3, -0.25) is 9.48 Å². The van der Waals surface area contributed by atoms with Crippen LogP contribution in [0.1, 0.15) is 28.2 Å². The number of carbonyl (C=O) groups is 1. The molecule has 1 amide bonds. The molecule has 3 aromatic heterocycles. The second-order valence-electron chi connectivity index (χ2n) is 6.29. The monoisotopic (exact) mass is 368 g/mol. The van der Waals surface area contributed by atoms with Gasteiger partial charge in [0.1, 0.15) is 29.7 Å². The van der Waals surface area contributed by atoms with E-state index in [2.05, 4.69) is 15.0 Å². The zero-order valence-electron chi connectivity index (χ0n) is 15.0. The Morgan fingerprint density at radius 2 is 2.30 bits per heavy atom. The number of aromatic nitrogens is 5. The van der Waals surface area contributed by atoms with Crippen LogP contribution in [0.3, 0.4) is 0 Å². The topological polar surface area (TPSA) is 99.2 Å². The molecule has 1 aliphatic heterocycles. The van der Waals surface area contributed by atoms with Crippen molar-refractivity contribution in [2.45, 2.75) is 25.9 Å². The minimum absolute atomic E-state index is 0.110. The largest absolute Gasteiger partial charge is 0.451 e. The zero-order chi connectivity index (χ0) is 18.6. The number of hydrogen-bond donors (Lipinski definition) is 0. The number of aryl methyl sites for hydroxylation is 1. The molecule has 4 rings (SSSR count). The third-order valence-electron chi connectivity index (χ3n) is 4.62. The lowest BCUT2D eigenvalue weighted by atomic mass is 10.0. The summed E-state index contributed by atoms with van der Waals surface area (Å²) in [6.45, 7) is 2.51. The molecule has 9 nitrogen and oxygen atoms in total. The van der Waals surface area contributed by atoms with Crippen molar-refractivity contribution in [2.75, 3.05) is 20.3 Å². The molecule has 0 atom stereocenters. The van der Waals surface area contributed by atoms with Gasteiger partial charge in [0.25, 0.3) is 5.91 Å². The van der Waals surface area contributed by atoms with Gasteiger partial charge in [-0.05, 0) is 12.5 Å². The molecular formula is C18H20N6O3. The van der Waals surface area contributed by atoms with Crippen molar-refractivity contribution >= 4 is 5.91 Å². The number of hydrogen-bond acceptors (Lipinski definition) is 7. The standard InChI is InChI=1S/C18H20N6O3/c1-26-8-2-6-24-16-4-7-23(18(25)14-3-5-19-11-20-14)9-13(16)17(22-24)15-10-27-12-21-15/h3,5,10-12H,2,4,6-9H2,1H3. The lowest BCUT2D eigenvalue weighted by Crippen LogP contribution is -2.37. The van der Waals surface area contributed by atoms with Gasteiger partial charge in [-0.15, -0.1) is 0 Å². The van der Waals surface area contributed by atoms with E-state index >= 15 is 0 Å². The quantitative estimate of drug-likeness (QED) is 0.609. The van der Waals surface area contributed by atoms with Crippen molar-refractivity contribution in [1.82, 2.24) is 29.6 Å². The van der Waals surface area contributed by atoms with Crippen molar-refractivity contribution in [1.29, 1.82) is 0 Å². The van der Waals surface area contributed by atoms with E-state index in [0.717, 1.165) is 36.3 Å². The first-order valence-electron chi connectivity index (χ1n) is 8.79. The molecule has 1 aliphatic rings. The molecule has 0 fully saturated rings. The van der Waals surface area contributed by atoms with Gasteiger partial charge in [-0.1, -0.05) is 0 Å². The second kappa shape index (κ2) is 7.67. The third kappa shape index (κ3) is 3.45. The molecule has 0 N–H and O–H groups in total. The van der Waals surface area contributed by atoms with Gasteiger partial charge in [-0.2, -0.15) is 5.10 Å². The molecule has 0 spiro atoms. The van der Waals surface area contributed by atoms with E-state index < -0.39 is 0 Å². The van der Waals surface area contributed by atoms with Crippen molar-refractivity contribution < 1.29 is 13.9 Å². The van der Waals surface area contributed by atoms with Crippen molar-refractivity contribution in [2.24, 2.45) is 0 Å². The summed E-state index contributed by atoms with van der Waals surface area (Å²) in [5, 5.41) is 4.75. The number of methoxy groups -OCH3 is 1. The second-order valence-corrected chi connectivity index (χ2v) is 6.29. The summed E-state index contributed by atoms with van der Waals surface area (Å²) >= 11 is 0. The van der Waals surface area contributed by atoms with Crippen molar-refractivity contribution in [3.05, 3.63) is 48.2 Å². The number of carbonyl (C=O) groups excluding carboxylic acids is 1. The van der Waals surface area contributed by atoms with Gasteiger partial charge >= 0.3 is 0 Å². The first-order chi connectivity index (χ1) is 13.3. The fraction of sp³-hybridized carbons (Fsp3) is 0.389. The maximum absolute atomic E-state index is 12.8. The maximum Gasteiger partial charge on any atom is 0.272 e. The number of rotatable bonds is 6. The Labute approximate surface area is 156 Å².